The number of carbonyl (C=O) groups is 3. The van der Waals surface area contributed by atoms with E-state index in [1.165, 1.54) is 54.9 Å². The molecule has 1 aliphatic heterocycles. The summed E-state index contributed by atoms with van der Waals surface area (Å²) in [5.74, 6) is -4.08. The zero-order chi connectivity index (χ0) is 31.1. The SMILES string of the molecule is O=C1N=C(C(CNC(=O)c2ccc(-n3cnc4ccc(C(=O)O)cc43)cc2Cl)c2cccc(F)c2)N=C2C1=C(Cl)C=CC2F. The number of alkyl halides is 1. The van der Waals surface area contributed by atoms with Crippen LogP contribution in [0.1, 0.15) is 32.2 Å². The Hall–Kier alpha value is -5.00. The number of hydrogen-bond donors (Lipinski definition) is 2. The van der Waals surface area contributed by atoms with Crippen LogP contribution in [0.5, 0.6) is 0 Å². The lowest BCUT2D eigenvalue weighted by Gasteiger charge is -2.24. The van der Waals surface area contributed by atoms with E-state index in [-0.39, 0.29) is 44.8 Å². The van der Waals surface area contributed by atoms with Gasteiger partial charge in [-0.25, -0.2) is 23.6 Å². The lowest BCUT2D eigenvalue weighted by atomic mass is 9.94. The molecule has 0 fully saturated rings. The Balaban J connectivity index is 1.28. The number of benzene rings is 3. The topological polar surface area (TPSA) is 126 Å². The van der Waals surface area contributed by atoms with Crippen LogP contribution in [0.2, 0.25) is 5.02 Å². The van der Waals surface area contributed by atoms with Gasteiger partial charge in [0, 0.05) is 12.2 Å². The number of carboxylic acids is 1. The van der Waals surface area contributed by atoms with Crippen LogP contribution in [0.3, 0.4) is 0 Å². The highest BCUT2D eigenvalue weighted by Gasteiger charge is 2.34. The number of aromatic nitrogens is 2. The lowest BCUT2D eigenvalue weighted by molar-refractivity contribution is -0.114. The molecule has 44 heavy (non-hydrogen) atoms. The van der Waals surface area contributed by atoms with E-state index in [1.807, 2.05) is 0 Å². The second-order valence-corrected chi connectivity index (χ2v) is 10.7. The smallest absolute Gasteiger partial charge is 0.335 e. The van der Waals surface area contributed by atoms with Crippen molar-refractivity contribution in [1.29, 1.82) is 0 Å². The van der Waals surface area contributed by atoms with Gasteiger partial charge in [0.2, 0.25) is 0 Å². The Morgan fingerprint density at radius 2 is 1.89 bits per heavy atom. The maximum Gasteiger partial charge on any atom is 0.335 e. The van der Waals surface area contributed by atoms with Crippen LogP contribution in [0.25, 0.3) is 16.7 Å². The fourth-order valence-corrected chi connectivity index (χ4v) is 5.46. The number of aromatic carboxylic acids is 1. The molecule has 2 heterocycles. The van der Waals surface area contributed by atoms with Gasteiger partial charge < -0.3 is 10.4 Å². The van der Waals surface area contributed by atoms with Gasteiger partial charge in [-0.1, -0.05) is 35.3 Å². The van der Waals surface area contributed by atoms with E-state index >= 15 is 0 Å². The van der Waals surface area contributed by atoms with Crippen LogP contribution in [0, 0.1) is 5.82 Å². The fourth-order valence-electron chi connectivity index (χ4n) is 4.95. The number of nitrogens with zero attached hydrogens (tertiary/aromatic N) is 4. The molecule has 0 saturated heterocycles. The van der Waals surface area contributed by atoms with E-state index in [4.69, 9.17) is 23.2 Å². The number of carboxylic acid groups (broad SMARTS) is 1. The first-order valence-electron chi connectivity index (χ1n) is 13.1. The zero-order valence-corrected chi connectivity index (χ0v) is 23.9. The predicted molar refractivity (Wildman–Crippen MR) is 161 cm³/mol. The third kappa shape index (κ3) is 5.43. The van der Waals surface area contributed by atoms with Crippen molar-refractivity contribution >= 4 is 63.6 Å². The summed E-state index contributed by atoms with van der Waals surface area (Å²) in [6.07, 6.45) is 2.23. The molecule has 220 valence electrons. The average Bonchev–Trinajstić information content (AvgIpc) is 3.42. The number of amidine groups is 1. The van der Waals surface area contributed by atoms with Crippen LogP contribution in [-0.2, 0) is 4.79 Å². The number of fused-ring (bicyclic) bond motifs is 2. The fraction of sp³-hybridized carbons (Fsp3) is 0.0968. The predicted octanol–water partition coefficient (Wildman–Crippen LogP) is 5.81. The molecule has 0 bridgehead atoms. The summed E-state index contributed by atoms with van der Waals surface area (Å²) in [4.78, 5) is 50.1. The van der Waals surface area contributed by atoms with Crippen LogP contribution in [0.4, 0.5) is 8.78 Å². The number of carbonyl (C=O) groups excluding carboxylic acids is 2. The molecule has 2 amide bonds. The summed E-state index contributed by atoms with van der Waals surface area (Å²) in [6.45, 7) is -0.188. The Kier molecular flexibility index (Phi) is 7.66. The molecule has 13 heteroatoms. The molecule has 2 aliphatic rings. The molecule has 3 aromatic carbocycles. The standard InChI is InChI=1S/C31H19Cl2F2N5O4/c32-21-7-8-23(35)27-26(21)30(42)39-28(38-27)20(15-2-1-3-17(34)10-15)13-36-29(41)19-6-5-18(12-22(19)33)40-14-37-24-9-4-16(31(43)44)11-25(24)40/h1-12,14,20,23H,13H2,(H,36,41)(H,43,44). The van der Waals surface area contributed by atoms with Crippen molar-refractivity contribution in [2.24, 2.45) is 9.98 Å². The highest BCUT2D eigenvalue weighted by molar-refractivity contribution is 6.42. The number of nitrogens with one attached hydrogen (secondary N) is 1. The largest absolute Gasteiger partial charge is 0.478 e. The molecule has 0 spiro atoms. The van der Waals surface area contributed by atoms with Crippen LogP contribution in [-0.4, -0.2) is 56.7 Å². The first kappa shape index (κ1) is 29.1. The molecule has 2 atom stereocenters. The van der Waals surface area contributed by atoms with E-state index in [1.54, 1.807) is 22.8 Å². The van der Waals surface area contributed by atoms with Crippen molar-refractivity contribution in [3.05, 3.63) is 117 Å². The minimum absolute atomic E-state index is 0.00478. The molecule has 0 radical (unpaired) electrons. The number of halogens is 4. The minimum atomic E-state index is -1.70. The minimum Gasteiger partial charge on any atom is -0.478 e. The number of imidazole rings is 1. The molecule has 2 N–H and O–H groups in total. The van der Waals surface area contributed by atoms with Crippen LogP contribution in [0.15, 0.2) is 99.7 Å². The van der Waals surface area contributed by atoms with Crippen molar-refractivity contribution in [3.63, 3.8) is 0 Å². The molecule has 4 aromatic rings. The van der Waals surface area contributed by atoms with Crippen LogP contribution < -0.4 is 5.32 Å². The third-order valence-electron chi connectivity index (χ3n) is 7.13. The number of allylic oxidation sites excluding steroid dienone is 3. The van der Waals surface area contributed by atoms with Gasteiger partial charge in [-0.2, -0.15) is 4.99 Å². The lowest BCUT2D eigenvalue weighted by Crippen LogP contribution is -2.35. The second-order valence-electron chi connectivity index (χ2n) is 9.86. The zero-order valence-electron chi connectivity index (χ0n) is 22.3. The Bertz CT molecular complexity index is 2020. The normalized spacial score (nSPS) is 16.8. The van der Waals surface area contributed by atoms with E-state index in [0.29, 0.717) is 22.3 Å². The van der Waals surface area contributed by atoms with E-state index in [9.17, 15) is 28.3 Å². The molecular weight excluding hydrogens is 615 g/mol. The molecule has 0 saturated carbocycles. The van der Waals surface area contributed by atoms with Gasteiger partial charge in [0.1, 0.15) is 18.0 Å². The molecule has 1 aliphatic carbocycles. The highest BCUT2D eigenvalue weighted by atomic mass is 35.5. The first-order valence-corrected chi connectivity index (χ1v) is 13.8. The number of amides is 2. The van der Waals surface area contributed by atoms with E-state index in [2.05, 4.69) is 20.3 Å². The summed E-state index contributed by atoms with van der Waals surface area (Å²) in [6, 6.07) is 14.6. The highest BCUT2D eigenvalue weighted by Crippen LogP contribution is 2.30. The first-order chi connectivity index (χ1) is 21.1. The third-order valence-corrected chi connectivity index (χ3v) is 7.76. The molecule has 1 aromatic heterocycles. The Labute approximate surface area is 257 Å². The van der Waals surface area contributed by atoms with Gasteiger partial charge in [-0.05, 0) is 66.2 Å². The quantitative estimate of drug-likeness (QED) is 0.266. The van der Waals surface area contributed by atoms with Crippen molar-refractivity contribution in [1.82, 2.24) is 14.9 Å². The summed E-state index contributed by atoms with van der Waals surface area (Å²) < 4.78 is 30.6. The van der Waals surface area contributed by atoms with Crippen molar-refractivity contribution in [2.75, 3.05) is 6.54 Å². The van der Waals surface area contributed by atoms with Crippen LogP contribution >= 0.6 is 23.2 Å². The van der Waals surface area contributed by atoms with Gasteiger partial charge in [0.05, 0.1) is 49.4 Å². The monoisotopic (exact) mass is 633 g/mol. The molecule has 9 nitrogen and oxygen atoms in total. The summed E-state index contributed by atoms with van der Waals surface area (Å²) in [5, 5.41) is 12.2. The van der Waals surface area contributed by atoms with Gasteiger partial charge in [0.15, 0.2) is 6.17 Å². The summed E-state index contributed by atoms with van der Waals surface area (Å²) in [7, 11) is 0. The summed E-state index contributed by atoms with van der Waals surface area (Å²) in [5.41, 5.74) is 1.81. The van der Waals surface area contributed by atoms with Gasteiger partial charge in [-0.3, -0.25) is 14.2 Å². The van der Waals surface area contributed by atoms with Gasteiger partial charge >= 0.3 is 5.97 Å². The van der Waals surface area contributed by atoms with E-state index in [0.717, 1.165) is 6.08 Å². The summed E-state index contributed by atoms with van der Waals surface area (Å²) >= 11 is 12.6. The number of rotatable bonds is 7. The van der Waals surface area contributed by atoms with E-state index < -0.39 is 35.7 Å². The second kappa shape index (κ2) is 11.6. The molecule has 2 unspecified atom stereocenters. The van der Waals surface area contributed by atoms with Gasteiger partial charge in [0.25, 0.3) is 11.8 Å². The van der Waals surface area contributed by atoms with Crippen molar-refractivity contribution in [2.45, 2.75) is 12.1 Å². The average molecular weight is 634 g/mol. The van der Waals surface area contributed by atoms with Crippen molar-refractivity contribution in [3.8, 4) is 5.69 Å². The van der Waals surface area contributed by atoms with Crippen molar-refractivity contribution < 1.29 is 28.3 Å². The Morgan fingerprint density at radius 3 is 2.64 bits per heavy atom. The number of hydrogen-bond acceptors (Lipinski definition) is 5. The van der Waals surface area contributed by atoms with Gasteiger partial charge in [-0.15, -0.1) is 0 Å². The Morgan fingerprint density at radius 1 is 1.07 bits per heavy atom. The molecular formula is C31H19Cl2F2N5O4. The maximum absolute atomic E-state index is 14.7. The molecule has 6 rings (SSSR count). The number of aliphatic imine (C=N–C) groups is 2. The maximum atomic E-state index is 14.7.